The van der Waals surface area contributed by atoms with E-state index < -0.39 is 0 Å². The molecule has 2 rings (SSSR count). The first-order valence-corrected chi connectivity index (χ1v) is 5.66. The van der Waals surface area contributed by atoms with Crippen LogP contribution in [0.3, 0.4) is 0 Å². The maximum Gasteiger partial charge on any atom is 0.220 e. The van der Waals surface area contributed by atoms with Crippen molar-refractivity contribution in [2.24, 2.45) is 5.92 Å². The van der Waals surface area contributed by atoms with Crippen molar-refractivity contribution in [3.63, 3.8) is 0 Å². The Kier molecular flexibility index (Phi) is 3.51. The SMILES string of the molecule is C[C@@H](NC(=O)CC1CNC1)c1ccccn1. The van der Waals surface area contributed by atoms with Crippen LogP contribution >= 0.6 is 0 Å². The Morgan fingerprint density at radius 2 is 2.44 bits per heavy atom. The lowest BCUT2D eigenvalue weighted by Gasteiger charge is -2.26. The van der Waals surface area contributed by atoms with E-state index in [2.05, 4.69) is 15.6 Å². The smallest absolute Gasteiger partial charge is 0.220 e. The summed E-state index contributed by atoms with van der Waals surface area (Å²) < 4.78 is 0. The summed E-state index contributed by atoms with van der Waals surface area (Å²) in [7, 11) is 0. The van der Waals surface area contributed by atoms with E-state index in [1.54, 1.807) is 6.20 Å². The summed E-state index contributed by atoms with van der Waals surface area (Å²) in [5.41, 5.74) is 0.905. The Morgan fingerprint density at radius 1 is 1.62 bits per heavy atom. The minimum absolute atomic E-state index is 0.0123. The second-order valence-electron chi connectivity index (χ2n) is 4.27. The van der Waals surface area contributed by atoms with E-state index in [0.29, 0.717) is 12.3 Å². The Labute approximate surface area is 95.5 Å². The first kappa shape index (κ1) is 11.1. The van der Waals surface area contributed by atoms with Crippen molar-refractivity contribution in [2.45, 2.75) is 19.4 Å². The van der Waals surface area contributed by atoms with Gasteiger partial charge in [-0.3, -0.25) is 9.78 Å². The molecule has 0 saturated carbocycles. The molecule has 2 heterocycles. The van der Waals surface area contributed by atoms with Gasteiger partial charge in [-0.05, 0) is 38.1 Å². The fraction of sp³-hybridized carbons (Fsp3) is 0.500. The lowest BCUT2D eigenvalue weighted by atomic mass is 9.99. The van der Waals surface area contributed by atoms with E-state index in [0.717, 1.165) is 18.8 Å². The van der Waals surface area contributed by atoms with Gasteiger partial charge < -0.3 is 10.6 Å². The Bertz CT molecular complexity index is 349. The van der Waals surface area contributed by atoms with Crippen LogP contribution in [0.25, 0.3) is 0 Å². The minimum atomic E-state index is -0.0123. The summed E-state index contributed by atoms with van der Waals surface area (Å²) >= 11 is 0. The second kappa shape index (κ2) is 5.07. The topological polar surface area (TPSA) is 54.0 Å². The average molecular weight is 219 g/mol. The minimum Gasteiger partial charge on any atom is -0.348 e. The maximum atomic E-state index is 11.7. The van der Waals surface area contributed by atoms with Crippen LogP contribution in [-0.2, 0) is 4.79 Å². The predicted molar refractivity (Wildman–Crippen MR) is 61.8 cm³/mol. The van der Waals surface area contributed by atoms with Gasteiger partial charge in [0.05, 0.1) is 11.7 Å². The molecule has 4 nitrogen and oxygen atoms in total. The van der Waals surface area contributed by atoms with Gasteiger partial charge >= 0.3 is 0 Å². The monoisotopic (exact) mass is 219 g/mol. The molecular formula is C12H17N3O. The van der Waals surface area contributed by atoms with E-state index in [-0.39, 0.29) is 11.9 Å². The number of hydrogen-bond donors (Lipinski definition) is 2. The molecule has 1 aromatic rings. The molecule has 0 aliphatic carbocycles. The second-order valence-corrected chi connectivity index (χ2v) is 4.27. The summed E-state index contributed by atoms with van der Waals surface area (Å²) in [6.45, 7) is 3.88. The first-order chi connectivity index (χ1) is 7.75. The zero-order valence-corrected chi connectivity index (χ0v) is 9.44. The van der Waals surface area contributed by atoms with Crippen LogP contribution in [0.5, 0.6) is 0 Å². The molecular weight excluding hydrogens is 202 g/mol. The highest BCUT2D eigenvalue weighted by molar-refractivity contribution is 5.76. The molecule has 0 unspecified atom stereocenters. The van der Waals surface area contributed by atoms with Crippen molar-refractivity contribution in [3.8, 4) is 0 Å². The molecule has 0 spiro atoms. The Hall–Kier alpha value is -1.42. The van der Waals surface area contributed by atoms with Crippen LogP contribution in [0.4, 0.5) is 0 Å². The Morgan fingerprint density at radius 3 is 3.00 bits per heavy atom. The third kappa shape index (κ3) is 2.79. The van der Waals surface area contributed by atoms with Crippen molar-refractivity contribution >= 4 is 5.91 Å². The fourth-order valence-electron chi connectivity index (χ4n) is 1.76. The van der Waals surface area contributed by atoms with Crippen molar-refractivity contribution in [1.82, 2.24) is 15.6 Å². The van der Waals surface area contributed by atoms with Crippen LogP contribution in [0.1, 0.15) is 25.1 Å². The summed E-state index contributed by atoms with van der Waals surface area (Å²) in [5, 5.41) is 6.13. The van der Waals surface area contributed by atoms with Crippen LogP contribution in [-0.4, -0.2) is 24.0 Å². The first-order valence-electron chi connectivity index (χ1n) is 5.66. The standard InChI is InChI=1S/C12H17N3O/c1-9(11-4-2-3-5-14-11)15-12(16)6-10-7-13-8-10/h2-5,9-10,13H,6-8H2,1H3,(H,15,16)/t9-/m1/s1. The number of carbonyl (C=O) groups is 1. The number of rotatable bonds is 4. The molecule has 2 N–H and O–H groups in total. The maximum absolute atomic E-state index is 11.7. The van der Waals surface area contributed by atoms with Gasteiger partial charge in [-0.2, -0.15) is 0 Å². The summed E-state index contributed by atoms with van der Waals surface area (Å²) in [6.07, 6.45) is 2.36. The fourth-order valence-corrected chi connectivity index (χ4v) is 1.76. The van der Waals surface area contributed by atoms with Crippen LogP contribution in [0.2, 0.25) is 0 Å². The highest BCUT2D eigenvalue weighted by Gasteiger charge is 2.21. The summed E-state index contributed by atoms with van der Waals surface area (Å²) in [5.74, 6) is 0.626. The largest absolute Gasteiger partial charge is 0.348 e. The predicted octanol–water partition coefficient (Wildman–Crippen LogP) is 0.868. The molecule has 0 radical (unpaired) electrons. The third-order valence-electron chi connectivity index (χ3n) is 2.85. The van der Waals surface area contributed by atoms with Gasteiger partial charge in [0, 0.05) is 12.6 Å². The highest BCUT2D eigenvalue weighted by Crippen LogP contribution is 2.11. The Balaban J connectivity index is 1.82. The summed E-state index contributed by atoms with van der Waals surface area (Å²) in [4.78, 5) is 15.9. The molecule has 1 saturated heterocycles. The van der Waals surface area contributed by atoms with E-state index >= 15 is 0 Å². The van der Waals surface area contributed by atoms with E-state index in [4.69, 9.17) is 0 Å². The zero-order chi connectivity index (χ0) is 11.4. The van der Waals surface area contributed by atoms with Crippen molar-refractivity contribution in [1.29, 1.82) is 0 Å². The van der Waals surface area contributed by atoms with Gasteiger partial charge in [-0.1, -0.05) is 6.07 Å². The molecule has 1 aliphatic heterocycles. The van der Waals surface area contributed by atoms with E-state index in [9.17, 15) is 4.79 Å². The number of pyridine rings is 1. The van der Waals surface area contributed by atoms with Crippen LogP contribution in [0, 0.1) is 5.92 Å². The third-order valence-corrected chi connectivity index (χ3v) is 2.85. The highest BCUT2D eigenvalue weighted by atomic mass is 16.1. The lowest BCUT2D eigenvalue weighted by molar-refractivity contribution is -0.123. The van der Waals surface area contributed by atoms with Gasteiger partial charge in [0.25, 0.3) is 0 Å². The van der Waals surface area contributed by atoms with E-state index in [1.165, 1.54) is 0 Å². The molecule has 4 heteroatoms. The van der Waals surface area contributed by atoms with Crippen LogP contribution in [0.15, 0.2) is 24.4 Å². The number of nitrogens with zero attached hydrogens (tertiary/aromatic N) is 1. The molecule has 1 amide bonds. The molecule has 16 heavy (non-hydrogen) atoms. The van der Waals surface area contributed by atoms with Gasteiger partial charge in [0.15, 0.2) is 0 Å². The molecule has 0 aromatic carbocycles. The quantitative estimate of drug-likeness (QED) is 0.790. The average Bonchev–Trinajstić information content (AvgIpc) is 2.25. The van der Waals surface area contributed by atoms with Gasteiger partial charge in [0.1, 0.15) is 0 Å². The normalized spacial score (nSPS) is 17.6. The number of aromatic nitrogens is 1. The summed E-state index contributed by atoms with van der Waals surface area (Å²) in [6, 6.07) is 5.72. The number of nitrogens with one attached hydrogen (secondary N) is 2. The molecule has 86 valence electrons. The molecule has 1 aromatic heterocycles. The zero-order valence-electron chi connectivity index (χ0n) is 9.44. The lowest BCUT2D eigenvalue weighted by Crippen LogP contribution is -2.44. The molecule has 1 atom stereocenters. The molecule has 1 fully saturated rings. The molecule has 1 aliphatic rings. The van der Waals surface area contributed by atoms with Crippen molar-refractivity contribution < 1.29 is 4.79 Å². The number of amides is 1. The van der Waals surface area contributed by atoms with Gasteiger partial charge in [-0.25, -0.2) is 0 Å². The molecule has 0 bridgehead atoms. The number of hydrogen-bond acceptors (Lipinski definition) is 3. The van der Waals surface area contributed by atoms with Gasteiger partial charge in [0.2, 0.25) is 5.91 Å². The van der Waals surface area contributed by atoms with Crippen molar-refractivity contribution in [2.75, 3.05) is 13.1 Å². The number of carbonyl (C=O) groups excluding carboxylic acids is 1. The van der Waals surface area contributed by atoms with E-state index in [1.807, 2.05) is 25.1 Å². The van der Waals surface area contributed by atoms with Crippen molar-refractivity contribution in [3.05, 3.63) is 30.1 Å². The van der Waals surface area contributed by atoms with Gasteiger partial charge in [-0.15, -0.1) is 0 Å². The van der Waals surface area contributed by atoms with Crippen LogP contribution < -0.4 is 10.6 Å².